The van der Waals surface area contributed by atoms with Crippen molar-refractivity contribution < 1.29 is 4.74 Å². The van der Waals surface area contributed by atoms with Gasteiger partial charge in [-0.2, -0.15) is 5.26 Å². The van der Waals surface area contributed by atoms with Crippen molar-refractivity contribution in [2.45, 2.75) is 37.3 Å². The lowest BCUT2D eigenvalue weighted by Gasteiger charge is -2.28. The molecule has 0 amide bonds. The molecule has 3 N–H and O–H groups in total. The van der Waals surface area contributed by atoms with Crippen LogP contribution in [-0.2, 0) is 11.2 Å². The van der Waals surface area contributed by atoms with Gasteiger partial charge in [-0.05, 0) is 42.5 Å². The number of aromatic nitrogens is 2. The summed E-state index contributed by atoms with van der Waals surface area (Å²) in [5.74, 6) is 0.687. The first kappa shape index (κ1) is 19.6. The molecule has 3 aliphatic rings. The van der Waals surface area contributed by atoms with Crippen molar-refractivity contribution in [3.05, 3.63) is 107 Å². The van der Waals surface area contributed by atoms with Crippen molar-refractivity contribution in [3.8, 4) is 11.8 Å². The second-order valence-corrected chi connectivity index (χ2v) is 8.72. The Kier molecular flexibility index (Phi) is 4.67. The Morgan fingerprint density at radius 3 is 2.58 bits per heavy atom. The number of hydrogen-bond acceptors (Lipinski definition) is 6. The summed E-state index contributed by atoms with van der Waals surface area (Å²) >= 11 is 0. The lowest BCUT2D eigenvalue weighted by molar-refractivity contribution is 0.121. The summed E-state index contributed by atoms with van der Waals surface area (Å²) in [6, 6.07) is 21.4. The number of hydrogen-bond donors (Lipinski definition) is 2. The van der Waals surface area contributed by atoms with Gasteiger partial charge in [-0.3, -0.25) is 5.01 Å². The van der Waals surface area contributed by atoms with Gasteiger partial charge in [0, 0.05) is 29.7 Å². The number of nitrogens with zero attached hydrogens (tertiary/aromatic N) is 4. The molecule has 3 aromatic rings. The van der Waals surface area contributed by atoms with E-state index in [-0.39, 0.29) is 17.8 Å². The van der Waals surface area contributed by atoms with Crippen LogP contribution in [0.25, 0.3) is 5.69 Å². The van der Waals surface area contributed by atoms with Gasteiger partial charge in [0.1, 0.15) is 11.6 Å². The Morgan fingerprint density at radius 2 is 1.91 bits per heavy atom. The SMILES string of the molecule is N#CC1=C(N)OC2=C(C(Cc3ccccc3)NN2C2CC2)C1c1ccc(-n2ccnc2)cc1. The third kappa shape index (κ3) is 3.45. The molecule has 7 heteroatoms. The maximum Gasteiger partial charge on any atom is 0.214 e. The minimum atomic E-state index is -0.263. The molecule has 2 aliphatic heterocycles. The van der Waals surface area contributed by atoms with Crippen LogP contribution in [0.3, 0.4) is 0 Å². The quantitative estimate of drug-likeness (QED) is 0.636. The number of ether oxygens (including phenoxy) is 1. The second-order valence-electron chi connectivity index (χ2n) is 8.72. The molecule has 1 fully saturated rings. The molecular formula is C26H24N6O. The molecule has 0 radical (unpaired) electrons. The Hall–Kier alpha value is -4.02. The molecule has 1 aliphatic carbocycles. The molecule has 7 nitrogen and oxygen atoms in total. The van der Waals surface area contributed by atoms with Gasteiger partial charge >= 0.3 is 0 Å². The van der Waals surface area contributed by atoms with Crippen molar-refractivity contribution in [2.24, 2.45) is 5.73 Å². The molecule has 3 heterocycles. The van der Waals surface area contributed by atoms with E-state index in [0.717, 1.165) is 42.0 Å². The predicted octanol–water partition coefficient (Wildman–Crippen LogP) is 3.49. The van der Waals surface area contributed by atoms with Crippen LogP contribution in [-0.4, -0.2) is 26.6 Å². The average Bonchev–Trinajstić information content (AvgIpc) is 3.42. The lowest BCUT2D eigenvalue weighted by atomic mass is 9.80. The van der Waals surface area contributed by atoms with Crippen LogP contribution in [0.1, 0.15) is 29.9 Å². The van der Waals surface area contributed by atoms with E-state index in [4.69, 9.17) is 10.5 Å². The van der Waals surface area contributed by atoms with E-state index in [2.05, 4.69) is 57.9 Å². The number of imidazole rings is 1. The first-order valence-electron chi connectivity index (χ1n) is 11.2. The maximum absolute atomic E-state index is 10.0. The largest absolute Gasteiger partial charge is 0.423 e. The summed E-state index contributed by atoms with van der Waals surface area (Å²) in [7, 11) is 0. The van der Waals surface area contributed by atoms with Gasteiger partial charge in [-0.25, -0.2) is 10.4 Å². The minimum absolute atomic E-state index is 0.0118. The zero-order chi connectivity index (χ0) is 22.4. The highest BCUT2D eigenvalue weighted by atomic mass is 16.5. The number of hydrazine groups is 1. The van der Waals surface area contributed by atoms with E-state index >= 15 is 0 Å². The maximum atomic E-state index is 10.0. The summed E-state index contributed by atoms with van der Waals surface area (Å²) in [6.45, 7) is 0. The van der Waals surface area contributed by atoms with Crippen molar-refractivity contribution in [3.63, 3.8) is 0 Å². The van der Waals surface area contributed by atoms with Gasteiger partial charge in [-0.15, -0.1) is 0 Å². The molecule has 0 saturated heterocycles. The number of benzene rings is 2. The smallest absolute Gasteiger partial charge is 0.214 e. The van der Waals surface area contributed by atoms with E-state index in [1.54, 1.807) is 12.5 Å². The first-order chi connectivity index (χ1) is 16.2. The highest BCUT2D eigenvalue weighted by Crippen LogP contribution is 2.47. The van der Waals surface area contributed by atoms with E-state index in [9.17, 15) is 5.26 Å². The monoisotopic (exact) mass is 436 g/mol. The van der Waals surface area contributed by atoms with Crippen LogP contribution in [0.2, 0.25) is 0 Å². The molecule has 1 aromatic heterocycles. The highest BCUT2D eigenvalue weighted by molar-refractivity contribution is 5.53. The summed E-state index contributed by atoms with van der Waals surface area (Å²) < 4.78 is 8.05. The fourth-order valence-electron chi connectivity index (χ4n) is 4.80. The molecule has 164 valence electrons. The first-order valence-corrected chi connectivity index (χ1v) is 11.2. The van der Waals surface area contributed by atoms with Gasteiger partial charge in [0.05, 0.1) is 18.3 Å². The van der Waals surface area contributed by atoms with Crippen LogP contribution in [0.15, 0.2) is 96.2 Å². The molecule has 2 unspecified atom stereocenters. The standard InChI is InChI=1S/C26H24N6O/c27-15-21-23(18-6-8-19(9-7-18)31-13-12-29-16-31)24-22(14-17-4-2-1-3-5-17)30-32(20-10-11-20)26(24)33-25(21)28/h1-9,12-13,16,20,22-23,30H,10-11,14,28H2. The Bertz CT molecular complexity index is 1270. The van der Waals surface area contributed by atoms with E-state index in [0.29, 0.717) is 11.6 Å². The normalized spacial score (nSPS) is 22.2. The summed E-state index contributed by atoms with van der Waals surface area (Å²) in [5, 5.41) is 12.2. The molecule has 1 saturated carbocycles. The van der Waals surface area contributed by atoms with Gasteiger partial charge in [0.2, 0.25) is 11.8 Å². The molecule has 0 spiro atoms. The molecule has 0 bridgehead atoms. The Labute approximate surface area is 192 Å². The number of allylic oxidation sites excluding steroid dienone is 1. The van der Waals surface area contributed by atoms with Gasteiger partial charge in [0.15, 0.2) is 0 Å². The lowest BCUT2D eigenvalue weighted by Crippen LogP contribution is -2.40. The van der Waals surface area contributed by atoms with E-state index in [1.807, 2.05) is 29.0 Å². The molecule has 33 heavy (non-hydrogen) atoms. The summed E-state index contributed by atoms with van der Waals surface area (Å²) in [5.41, 5.74) is 14.8. The Balaban J connectivity index is 1.43. The zero-order valence-corrected chi connectivity index (χ0v) is 18.1. The van der Waals surface area contributed by atoms with Crippen molar-refractivity contribution in [2.75, 3.05) is 0 Å². The number of nitrogens with two attached hydrogens (primary N) is 1. The molecule has 6 rings (SSSR count). The van der Waals surface area contributed by atoms with E-state index in [1.165, 1.54) is 5.56 Å². The van der Waals surface area contributed by atoms with Crippen LogP contribution in [0, 0.1) is 11.3 Å². The van der Waals surface area contributed by atoms with Crippen LogP contribution < -0.4 is 11.2 Å². The minimum Gasteiger partial charge on any atom is -0.423 e. The topological polar surface area (TPSA) is 92.1 Å². The third-order valence-corrected chi connectivity index (χ3v) is 6.55. The fraction of sp³-hybridized carbons (Fsp3) is 0.231. The number of nitriles is 1. The van der Waals surface area contributed by atoms with E-state index < -0.39 is 0 Å². The average molecular weight is 437 g/mol. The molecule has 2 aromatic carbocycles. The second kappa shape index (κ2) is 7.84. The summed E-state index contributed by atoms with van der Waals surface area (Å²) in [6.07, 6.45) is 8.47. The van der Waals surface area contributed by atoms with Crippen molar-refractivity contribution in [1.82, 2.24) is 20.0 Å². The number of nitrogens with one attached hydrogen (secondary N) is 1. The van der Waals surface area contributed by atoms with Gasteiger partial charge in [0.25, 0.3) is 0 Å². The molecular weight excluding hydrogens is 412 g/mol. The fourth-order valence-corrected chi connectivity index (χ4v) is 4.80. The zero-order valence-electron chi connectivity index (χ0n) is 18.1. The van der Waals surface area contributed by atoms with Gasteiger partial charge in [-0.1, -0.05) is 42.5 Å². The predicted molar refractivity (Wildman–Crippen MR) is 123 cm³/mol. The number of rotatable bonds is 5. The van der Waals surface area contributed by atoms with Crippen LogP contribution in [0.5, 0.6) is 0 Å². The van der Waals surface area contributed by atoms with Crippen LogP contribution >= 0.6 is 0 Å². The summed E-state index contributed by atoms with van der Waals surface area (Å²) in [4.78, 5) is 4.13. The van der Waals surface area contributed by atoms with Crippen LogP contribution in [0.4, 0.5) is 0 Å². The highest BCUT2D eigenvalue weighted by Gasteiger charge is 2.47. The van der Waals surface area contributed by atoms with Crippen molar-refractivity contribution >= 4 is 0 Å². The third-order valence-electron chi connectivity index (χ3n) is 6.55. The van der Waals surface area contributed by atoms with Gasteiger partial charge < -0.3 is 15.0 Å². The van der Waals surface area contributed by atoms with Crippen molar-refractivity contribution in [1.29, 1.82) is 5.26 Å². The molecule has 2 atom stereocenters. The Morgan fingerprint density at radius 1 is 1.12 bits per heavy atom.